The molecule has 0 aliphatic heterocycles. The van der Waals surface area contributed by atoms with Gasteiger partial charge in [-0.05, 0) is 32.9 Å². The summed E-state index contributed by atoms with van der Waals surface area (Å²) in [6, 6.07) is 2.34. The van der Waals surface area contributed by atoms with Gasteiger partial charge < -0.3 is 10.0 Å². The van der Waals surface area contributed by atoms with E-state index in [4.69, 9.17) is 5.11 Å². The Hall–Kier alpha value is -1.91. The first kappa shape index (κ1) is 15.1. The van der Waals surface area contributed by atoms with Crippen LogP contribution in [0.4, 0.5) is 14.5 Å². The summed E-state index contributed by atoms with van der Waals surface area (Å²) in [5.74, 6) is -3.99. The van der Waals surface area contributed by atoms with Gasteiger partial charge in [-0.1, -0.05) is 6.08 Å². The van der Waals surface area contributed by atoms with Gasteiger partial charge in [0.05, 0.1) is 11.3 Å². The molecule has 0 saturated carbocycles. The van der Waals surface area contributed by atoms with E-state index in [0.717, 1.165) is 6.07 Å². The van der Waals surface area contributed by atoms with Crippen LogP contribution in [0.3, 0.4) is 0 Å². The Morgan fingerprint density at radius 2 is 1.95 bits per heavy atom. The molecule has 0 aliphatic rings. The van der Waals surface area contributed by atoms with Gasteiger partial charge in [0, 0.05) is 12.1 Å². The highest BCUT2D eigenvalue weighted by Gasteiger charge is 2.26. The topological polar surface area (TPSA) is 40.5 Å². The molecule has 0 heterocycles. The fraction of sp³-hybridized carbons (Fsp3) is 0.357. The zero-order chi connectivity index (χ0) is 14.8. The number of hydrogen-bond donors (Lipinski definition) is 1. The highest BCUT2D eigenvalue weighted by Crippen LogP contribution is 2.29. The Labute approximate surface area is 111 Å². The third-order valence-corrected chi connectivity index (χ3v) is 2.70. The molecule has 5 heteroatoms. The van der Waals surface area contributed by atoms with Crippen molar-refractivity contribution in [2.75, 3.05) is 11.4 Å². The molecule has 1 rings (SSSR count). The Morgan fingerprint density at radius 1 is 1.37 bits per heavy atom. The molecule has 1 aromatic carbocycles. The minimum Gasteiger partial charge on any atom is -0.478 e. The number of hydrogen-bond acceptors (Lipinski definition) is 2. The van der Waals surface area contributed by atoms with Gasteiger partial charge in [0.15, 0.2) is 11.6 Å². The number of halogens is 2. The van der Waals surface area contributed by atoms with E-state index in [1.165, 1.54) is 6.07 Å². The Bertz CT molecular complexity index is 507. The van der Waals surface area contributed by atoms with Crippen LogP contribution in [0.15, 0.2) is 24.8 Å². The number of benzene rings is 1. The average Bonchev–Trinajstić information content (AvgIpc) is 2.28. The second-order valence-corrected chi connectivity index (χ2v) is 5.14. The molecule has 19 heavy (non-hydrogen) atoms. The van der Waals surface area contributed by atoms with Crippen LogP contribution in [0.2, 0.25) is 0 Å². The number of carboxylic acid groups (broad SMARTS) is 1. The van der Waals surface area contributed by atoms with Crippen LogP contribution in [0.25, 0.3) is 0 Å². The molecule has 0 fully saturated rings. The second kappa shape index (κ2) is 5.38. The zero-order valence-corrected chi connectivity index (χ0v) is 11.2. The summed E-state index contributed by atoms with van der Waals surface area (Å²) < 4.78 is 27.7. The van der Waals surface area contributed by atoms with Crippen molar-refractivity contribution in [3.8, 4) is 0 Å². The van der Waals surface area contributed by atoms with E-state index in [-0.39, 0.29) is 5.69 Å². The minimum atomic E-state index is -1.49. The molecular formula is C14H17F2NO2. The third-order valence-electron chi connectivity index (χ3n) is 2.70. The van der Waals surface area contributed by atoms with Gasteiger partial charge in [-0.25, -0.2) is 13.6 Å². The third kappa shape index (κ3) is 3.10. The van der Waals surface area contributed by atoms with Gasteiger partial charge >= 0.3 is 5.97 Å². The molecule has 104 valence electrons. The maximum absolute atomic E-state index is 14.0. The number of aromatic carboxylic acids is 1. The standard InChI is InChI=1S/C14H17F2NO2/c1-5-8-17(14(2,3)4)10-7-6-9(13(18)19)11(15)12(10)16/h5-7H,1,8H2,2-4H3,(H,18,19). The van der Waals surface area contributed by atoms with Gasteiger partial charge in [0.25, 0.3) is 0 Å². The molecule has 0 aliphatic carbocycles. The van der Waals surface area contributed by atoms with Crippen molar-refractivity contribution in [2.24, 2.45) is 0 Å². The molecule has 0 unspecified atom stereocenters. The van der Waals surface area contributed by atoms with Gasteiger partial charge in [-0.3, -0.25) is 0 Å². The normalized spacial score (nSPS) is 11.2. The van der Waals surface area contributed by atoms with Crippen molar-refractivity contribution < 1.29 is 18.7 Å². The molecule has 3 nitrogen and oxygen atoms in total. The molecule has 0 radical (unpaired) electrons. The summed E-state index contributed by atoms with van der Waals surface area (Å²) in [6.07, 6.45) is 1.58. The van der Waals surface area contributed by atoms with E-state index in [9.17, 15) is 13.6 Å². The highest BCUT2D eigenvalue weighted by molar-refractivity contribution is 5.88. The van der Waals surface area contributed by atoms with E-state index >= 15 is 0 Å². The molecule has 0 aromatic heterocycles. The van der Waals surface area contributed by atoms with Gasteiger partial charge in [-0.15, -0.1) is 6.58 Å². The van der Waals surface area contributed by atoms with Gasteiger partial charge in [0.2, 0.25) is 0 Å². The quantitative estimate of drug-likeness (QED) is 0.851. The first-order valence-corrected chi connectivity index (χ1v) is 5.80. The number of anilines is 1. The monoisotopic (exact) mass is 269 g/mol. The van der Waals surface area contributed by atoms with Crippen LogP contribution in [-0.2, 0) is 0 Å². The largest absolute Gasteiger partial charge is 0.478 e. The number of nitrogens with zero attached hydrogens (tertiary/aromatic N) is 1. The lowest BCUT2D eigenvalue weighted by Gasteiger charge is -2.37. The summed E-state index contributed by atoms with van der Waals surface area (Å²) in [5.41, 5.74) is -1.10. The Balaban J connectivity index is 3.38. The summed E-state index contributed by atoms with van der Waals surface area (Å²) >= 11 is 0. The lowest BCUT2D eigenvalue weighted by molar-refractivity contribution is 0.0690. The van der Waals surface area contributed by atoms with E-state index in [1.807, 2.05) is 20.8 Å². The van der Waals surface area contributed by atoms with E-state index in [2.05, 4.69) is 6.58 Å². The fourth-order valence-corrected chi connectivity index (χ4v) is 1.78. The van der Waals surface area contributed by atoms with Crippen molar-refractivity contribution in [3.63, 3.8) is 0 Å². The summed E-state index contributed by atoms with van der Waals surface area (Å²) in [4.78, 5) is 12.4. The summed E-state index contributed by atoms with van der Waals surface area (Å²) in [5, 5.41) is 8.75. The Kier molecular flexibility index (Phi) is 4.29. The van der Waals surface area contributed by atoms with E-state index in [0.29, 0.717) is 6.54 Å². The van der Waals surface area contributed by atoms with Crippen LogP contribution < -0.4 is 4.90 Å². The van der Waals surface area contributed by atoms with Crippen LogP contribution in [0.1, 0.15) is 31.1 Å². The molecule has 0 amide bonds. The number of rotatable bonds is 4. The maximum Gasteiger partial charge on any atom is 0.338 e. The molecule has 0 atom stereocenters. The fourth-order valence-electron chi connectivity index (χ4n) is 1.78. The smallest absolute Gasteiger partial charge is 0.338 e. The van der Waals surface area contributed by atoms with Crippen LogP contribution in [0.5, 0.6) is 0 Å². The zero-order valence-electron chi connectivity index (χ0n) is 11.2. The molecule has 1 aromatic rings. The van der Waals surface area contributed by atoms with Crippen molar-refractivity contribution in [1.82, 2.24) is 0 Å². The first-order chi connectivity index (χ1) is 8.70. The van der Waals surface area contributed by atoms with Gasteiger partial charge in [-0.2, -0.15) is 0 Å². The first-order valence-electron chi connectivity index (χ1n) is 5.80. The number of carbonyl (C=O) groups is 1. The Morgan fingerprint density at radius 3 is 2.37 bits per heavy atom. The SMILES string of the molecule is C=CCN(c1ccc(C(=O)O)c(F)c1F)C(C)(C)C. The van der Waals surface area contributed by atoms with Crippen LogP contribution in [-0.4, -0.2) is 23.2 Å². The minimum absolute atomic E-state index is 0.0231. The predicted molar refractivity (Wildman–Crippen MR) is 70.6 cm³/mol. The highest BCUT2D eigenvalue weighted by atomic mass is 19.2. The van der Waals surface area contributed by atoms with Crippen molar-refractivity contribution in [2.45, 2.75) is 26.3 Å². The summed E-state index contributed by atoms with van der Waals surface area (Å²) in [6.45, 7) is 9.45. The average molecular weight is 269 g/mol. The van der Waals surface area contributed by atoms with Crippen molar-refractivity contribution in [3.05, 3.63) is 42.0 Å². The predicted octanol–water partition coefficient (Wildman–Crippen LogP) is 3.45. The molecule has 0 saturated heterocycles. The van der Waals surface area contributed by atoms with Gasteiger partial charge in [0.1, 0.15) is 0 Å². The second-order valence-electron chi connectivity index (χ2n) is 5.14. The number of carboxylic acids is 1. The van der Waals surface area contributed by atoms with Crippen molar-refractivity contribution in [1.29, 1.82) is 0 Å². The lowest BCUT2D eigenvalue weighted by atomic mass is 10.0. The summed E-state index contributed by atoms with van der Waals surface area (Å²) in [7, 11) is 0. The van der Waals surface area contributed by atoms with E-state index < -0.39 is 28.7 Å². The van der Waals surface area contributed by atoms with Crippen molar-refractivity contribution >= 4 is 11.7 Å². The van der Waals surface area contributed by atoms with Crippen LogP contribution in [0, 0.1) is 11.6 Å². The molecule has 1 N–H and O–H groups in total. The lowest BCUT2D eigenvalue weighted by Crippen LogP contribution is -2.42. The maximum atomic E-state index is 14.0. The van der Waals surface area contributed by atoms with Crippen LogP contribution >= 0.6 is 0 Å². The molecule has 0 bridgehead atoms. The molecular weight excluding hydrogens is 252 g/mol. The van der Waals surface area contributed by atoms with E-state index in [1.54, 1.807) is 11.0 Å². The molecule has 0 spiro atoms.